The Kier molecular flexibility index (Phi) is 4.49. The monoisotopic (exact) mass is 365 g/mol. The van der Waals surface area contributed by atoms with Crippen molar-refractivity contribution in [3.8, 4) is 0 Å². The second kappa shape index (κ2) is 6.45. The van der Waals surface area contributed by atoms with Gasteiger partial charge in [0.05, 0.1) is 35.2 Å². The average Bonchev–Trinajstić information content (AvgIpc) is 2.59. The lowest BCUT2D eigenvalue weighted by Gasteiger charge is -2.33. The highest BCUT2D eigenvalue weighted by atomic mass is 32.2. The van der Waals surface area contributed by atoms with E-state index in [1.807, 2.05) is 0 Å². The molecule has 1 heterocycles. The highest BCUT2D eigenvalue weighted by Gasteiger charge is 2.42. The molecule has 1 N–H and O–H groups in total. The number of rotatable bonds is 3. The number of carbonyl (C=O) groups excluding carboxylic acids is 1. The summed E-state index contributed by atoms with van der Waals surface area (Å²) in [5.74, 6) is -3.72. The highest BCUT2D eigenvalue weighted by Crippen LogP contribution is 2.34. The normalized spacial score (nSPS) is 19.7. The molecule has 130 valence electrons. The van der Waals surface area contributed by atoms with E-state index < -0.39 is 40.0 Å². The molecular weight excluding hydrogens is 352 g/mol. The van der Waals surface area contributed by atoms with Crippen LogP contribution in [-0.4, -0.2) is 33.7 Å². The van der Waals surface area contributed by atoms with Gasteiger partial charge < -0.3 is 9.66 Å². The number of anilines is 1. The molecule has 2 aromatic carbocycles. The number of halogens is 2. The maximum atomic E-state index is 13.4. The molecule has 2 aromatic rings. The summed E-state index contributed by atoms with van der Waals surface area (Å²) in [4.78, 5) is 23.8. The Hall–Kier alpha value is -2.45. The highest BCUT2D eigenvalue weighted by molar-refractivity contribution is 7.94. The zero-order valence-corrected chi connectivity index (χ0v) is 13.8. The van der Waals surface area contributed by atoms with Gasteiger partial charge in [-0.25, -0.2) is 13.6 Å². The molecule has 0 fully saturated rings. The molecule has 25 heavy (non-hydrogen) atoms. The molecule has 0 saturated heterocycles. The van der Waals surface area contributed by atoms with Gasteiger partial charge in [0.25, 0.3) is 0 Å². The summed E-state index contributed by atoms with van der Waals surface area (Å²) in [5, 5.41) is 8.08. The van der Waals surface area contributed by atoms with Crippen molar-refractivity contribution in [3.05, 3.63) is 64.7 Å². The van der Waals surface area contributed by atoms with Crippen molar-refractivity contribution >= 4 is 28.8 Å². The number of benzene rings is 2. The van der Waals surface area contributed by atoms with Gasteiger partial charge in [-0.15, -0.1) is 0 Å². The van der Waals surface area contributed by atoms with Crippen LogP contribution in [-0.2, 0) is 17.8 Å². The summed E-state index contributed by atoms with van der Waals surface area (Å²) >= 11 is -1.72. The van der Waals surface area contributed by atoms with Crippen LogP contribution in [0.1, 0.15) is 26.3 Å². The Morgan fingerprint density at radius 2 is 1.96 bits per heavy atom. The first-order valence-electron chi connectivity index (χ1n) is 7.29. The third kappa shape index (κ3) is 3.10. The first-order chi connectivity index (χ1) is 11.8. The Morgan fingerprint density at radius 3 is 2.60 bits per heavy atom. The summed E-state index contributed by atoms with van der Waals surface area (Å²) in [5.41, 5.74) is 0.793. The number of carboxylic acid groups (broad SMARTS) is 1. The third-order valence-corrected chi connectivity index (χ3v) is 5.66. The molecule has 2 unspecified atom stereocenters. The van der Waals surface area contributed by atoms with E-state index in [2.05, 4.69) is 0 Å². The van der Waals surface area contributed by atoms with Crippen molar-refractivity contribution in [2.24, 2.45) is 0 Å². The number of hydrogen-bond donors (Lipinski definition) is 1. The van der Waals surface area contributed by atoms with Gasteiger partial charge in [0.15, 0.2) is 11.6 Å². The molecule has 0 spiro atoms. The molecule has 1 aliphatic rings. The zero-order valence-electron chi connectivity index (χ0n) is 13.0. The first kappa shape index (κ1) is 17.4. The van der Waals surface area contributed by atoms with Gasteiger partial charge in [0.1, 0.15) is 0 Å². The van der Waals surface area contributed by atoms with Crippen molar-refractivity contribution in [2.75, 3.05) is 11.4 Å². The van der Waals surface area contributed by atoms with Crippen LogP contribution in [0.3, 0.4) is 0 Å². The van der Waals surface area contributed by atoms with Crippen molar-refractivity contribution in [3.63, 3.8) is 0 Å². The van der Waals surface area contributed by atoms with Gasteiger partial charge in [-0.2, -0.15) is 4.31 Å². The summed E-state index contributed by atoms with van der Waals surface area (Å²) in [6.45, 7) is 0. The number of nitrogens with zero attached hydrogens (tertiary/aromatic N) is 1. The Labute approximate surface area is 145 Å². The standard InChI is InChI=1S/C17H13F2NO4S/c1-20-14-5-3-10(17(22)23)8-11(14)16(21)15(25(20)24)7-9-2-4-12(18)13(19)6-9/h2-6,8,15H,7H2,1H3,(H,22,23). The van der Waals surface area contributed by atoms with Crippen LogP contribution in [0, 0.1) is 11.6 Å². The molecule has 0 amide bonds. The Morgan fingerprint density at radius 1 is 1.24 bits per heavy atom. The zero-order chi connectivity index (χ0) is 18.3. The molecule has 2 atom stereocenters. The maximum Gasteiger partial charge on any atom is 0.335 e. The molecular formula is C17H13F2NO4S. The first-order valence-corrected chi connectivity index (χ1v) is 8.46. The molecule has 8 heteroatoms. The van der Waals surface area contributed by atoms with Crippen LogP contribution in [0.4, 0.5) is 14.5 Å². The van der Waals surface area contributed by atoms with E-state index in [0.717, 1.165) is 12.1 Å². The number of carboxylic acids is 1. The number of Topliss-reactive ketones (excluding diaryl/α,β-unsaturated/α-hetero) is 1. The fourth-order valence-corrected chi connectivity index (χ4v) is 4.12. The minimum absolute atomic E-state index is 0.0519. The van der Waals surface area contributed by atoms with Gasteiger partial charge in [0, 0.05) is 6.42 Å². The molecule has 3 rings (SSSR count). The van der Waals surface area contributed by atoms with E-state index in [4.69, 9.17) is 5.11 Å². The van der Waals surface area contributed by atoms with Crippen LogP contribution in [0.15, 0.2) is 36.4 Å². The molecule has 0 bridgehead atoms. The van der Waals surface area contributed by atoms with Crippen molar-refractivity contribution in [1.29, 1.82) is 0 Å². The number of ketones is 1. The quantitative estimate of drug-likeness (QED) is 0.846. The summed E-state index contributed by atoms with van der Waals surface area (Å²) < 4.78 is 40.4. The lowest BCUT2D eigenvalue weighted by molar-refractivity contribution is 0.0697. The van der Waals surface area contributed by atoms with E-state index in [1.54, 1.807) is 0 Å². The predicted octanol–water partition coefficient (Wildman–Crippen LogP) is 2.57. The van der Waals surface area contributed by atoms with Crippen LogP contribution < -0.4 is 4.31 Å². The van der Waals surface area contributed by atoms with Gasteiger partial charge in [0.2, 0.25) is 11.0 Å². The number of carbonyl (C=O) groups is 2. The molecule has 0 aromatic heterocycles. The third-order valence-electron chi connectivity index (χ3n) is 4.06. The van der Waals surface area contributed by atoms with E-state index >= 15 is 0 Å². The Balaban J connectivity index is 1.98. The fraction of sp³-hybridized carbons (Fsp3) is 0.176. The van der Waals surface area contributed by atoms with Gasteiger partial charge in [-0.3, -0.25) is 4.79 Å². The number of fused-ring (bicyclic) bond motifs is 1. The molecule has 0 aliphatic carbocycles. The van der Waals surface area contributed by atoms with Crippen LogP contribution in [0.5, 0.6) is 0 Å². The molecule has 5 nitrogen and oxygen atoms in total. The van der Waals surface area contributed by atoms with Crippen molar-refractivity contribution in [1.82, 2.24) is 0 Å². The van der Waals surface area contributed by atoms with Gasteiger partial charge in [-0.1, -0.05) is 6.07 Å². The summed E-state index contributed by atoms with van der Waals surface area (Å²) in [6, 6.07) is 7.24. The predicted molar refractivity (Wildman–Crippen MR) is 88.1 cm³/mol. The second-order valence-electron chi connectivity index (χ2n) is 5.62. The van der Waals surface area contributed by atoms with E-state index in [9.17, 15) is 22.9 Å². The summed E-state index contributed by atoms with van der Waals surface area (Å²) in [7, 11) is 1.53. The van der Waals surface area contributed by atoms with Gasteiger partial charge in [-0.05, 0) is 35.9 Å². The molecule has 0 saturated carbocycles. The fourth-order valence-electron chi connectivity index (χ4n) is 2.74. The SMILES string of the molecule is CN1c2ccc(C(=O)O)cc2C(=O)C(Cc2ccc(F)c(F)c2)[S+]1[O-]. The second-order valence-corrected chi connectivity index (χ2v) is 7.29. The number of hydrogen-bond acceptors (Lipinski definition) is 4. The smallest absolute Gasteiger partial charge is 0.335 e. The Bertz CT molecular complexity index is 874. The van der Waals surface area contributed by atoms with E-state index in [1.165, 1.54) is 35.6 Å². The minimum atomic E-state index is -1.72. The maximum absolute atomic E-state index is 13.4. The van der Waals surface area contributed by atoms with Gasteiger partial charge >= 0.3 is 5.97 Å². The van der Waals surface area contributed by atoms with E-state index in [-0.39, 0.29) is 17.5 Å². The van der Waals surface area contributed by atoms with E-state index in [0.29, 0.717) is 11.3 Å². The molecule has 0 radical (unpaired) electrons. The van der Waals surface area contributed by atoms with Crippen LogP contribution in [0.25, 0.3) is 0 Å². The topological polar surface area (TPSA) is 80.7 Å². The average molecular weight is 365 g/mol. The van der Waals surface area contributed by atoms with Crippen LogP contribution in [0.2, 0.25) is 0 Å². The molecule has 1 aliphatic heterocycles. The summed E-state index contributed by atoms with van der Waals surface area (Å²) in [6.07, 6.45) is -0.0519. The minimum Gasteiger partial charge on any atom is -0.592 e. The van der Waals surface area contributed by atoms with Crippen LogP contribution >= 0.6 is 0 Å². The van der Waals surface area contributed by atoms with Crippen molar-refractivity contribution in [2.45, 2.75) is 11.7 Å². The lowest BCUT2D eigenvalue weighted by Crippen LogP contribution is -2.47. The van der Waals surface area contributed by atoms with Crippen molar-refractivity contribution < 1.29 is 28.0 Å². The number of aromatic carboxylic acids is 1. The lowest BCUT2D eigenvalue weighted by atomic mass is 9.98. The largest absolute Gasteiger partial charge is 0.592 e.